The molecule has 0 heterocycles. The van der Waals surface area contributed by atoms with E-state index in [1.165, 1.54) is 11.1 Å². The lowest BCUT2D eigenvalue weighted by Crippen LogP contribution is -1.96. The smallest absolute Gasteiger partial charge is 0.133 e. The molecule has 2 aromatic rings. The van der Waals surface area contributed by atoms with Crippen LogP contribution in [0.4, 0.5) is 0 Å². The van der Waals surface area contributed by atoms with Gasteiger partial charge in [-0.05, 0) is 57.7 Å². The summed E-state index contributed by atoms with van der Waals surface area (Å²) in [6.45, 7) is 0. The van der Waals surface area contributed by atoms with E-state index >= 15 is 0 Å². The molecule has 1 nitrogen and oxygen atoms in total. The van der Waals surface area contributed by atoms with Gasteiger partial charge >= 0.3 is 0 Å². The minimum absolute atomic E-state index is 0.288. The van der Waals surface area contributed by atoms with Crippen LogP contribution in [-0.2, 0) is 6.42 Å². The second-order valence-electron chi connectivity index (χ2n) is 4.19. The molecule has 19 heavy (non-hydrogen) atoms. The molecule has 2 rings (SSSR count). The first-order valence-electron chi connectivity index (χ1n) is 5.82. The highest BCUT2D eigenvalue weighted by molar-refractivity contribution is 9.11. The van der Waals surface area contributed by atoms with Gasteiger partial charge in [0, 0.05) is 9.30 Å². The van der Waals surface area contributed by atoms with Gasteiger partial charge in [0.2, 0.25) is 0 Å². The lowest BCUT2D eigenvalue weighted by molar-refractivity contribution is 0.412. The Labute approximate surface area is 138 Å². The molecule has 0 aliphatic rings. The van der Waals surface area contributed by atoms with Crippen LogP contribution in [0.2, 0.25) is 0 Å². The number of hydrogen-bond donors (Lipinski definition) is 0. The monoisotopic (exact) mass is 446 g/mol. The summed E-state index contributed by atoms with van der Waals surface area (Å²) in [6, 6.07) is 14.6. The van der Waals surface area contributed by atoms with Gasteiger partial charge in [0.15, 0.2) is 0 Å². The van der Waals surface area contributed by atoms with Gasteiger partial charge in [-0.25, -0.2) is 0 Å². The van der Waals surface area contributed by atoms with E-state index in [-0.39, 0.29) is 4.83 Å². The average Bonchev–Trinajstić information content (AvgIpc) is 2.41. The molecule has 0 N–H and O–H groups in total. The maximum absolute atomic E-state index is 5.24. The summed E-state index contributed by atoms with van der Waals surface area (Å²) in [4.78, 5) is 0.288. The molecule has 100 valence electrons. The first kappa shape index (κ1) is 15.1. The van der Waals surface area contributed by atoms with Gasteiger partial charge < -0.3 is 4.74 Å². The van der Waals surface area contributed by atoms with Crippen LogP contribution in [-0.4, -0.2) is 7.11 Å². The Bertz CT molecular complexity index is 552. The van der Waals surface area contributed by atoms with E-state index < -0.39 is 0 Å². The Morgan fingerprint density at radius 3 is 2.32 bits per heavy atom. The molecule has 0 radical (unpaired) electrons. The van der Waals surface area contributed by atoms with Gasteiger partial charge in [-0.15, -0.1) is 0 Å². The second kappa shape index (κ2) is 6.91. The number of ether oxygens (including phenoxy) is 1. The van der Waals surface area contributed by atoms with E-state index in [1.807, 2.05) is 6.07 Å². The van der Waals surface area contributed by atoms with E-state index in [4.69, 9.17) is 4.74 Å². The molecule has 0 aliphatic heterocycles. The van der Waals surface area contributed by atoms with Crippen molar-refractivity contribution in [3.8, 4) is 5.75 Å². The Hall–Kier alpha value is -0.320. The quantitative estimate of drug-likeness (QED) is 0.529. The number of rotatable bonds is 4. The zero-order valence-corrected chi connectivity index (χ0v) is 15.1. The van der Waals surface area contributed by atoms with Crippen molar-refractivity contribution in [2.75, 3.05) is 7.11 Å². The van der Waals surface area contributed by atoms with Crippen LogP contribution in [0.15, 0.2) is 51.4 Å². The Balaban J connectivity index is 2.13. The molecule has 1 unspecified atom stereocenters. The second-order valence-corrected chi connectivity index (χ2v) is 7.07. The number of benzene rings is 2. The molecule has 1 atom stereocenters. The predicted octanol–water partition coefficient (Wildman–Crippen LogP) is 5.90. The molecule has 0 bridgehead atoms. The number of alkyl halides is 1. The van der Waals surface area contributed by atoms with E-state index in [0.717, 1.165) is 21.1 Å². The van der Waals surface area contributed by atoms with E-state index in [0.29, 0.717) is 0 Å². The summed E-state index contributed by atoms with van der Waals surface area (Å²) in [5.41, 5.74) is 2.53. The third kappa shape index (κ3) is 4.07. The number of halogens is 3. The topological polar surface area (TPSA) is 9.23 Å². The van der Waals surface area contributed by atoms with Crippen molar-refractivity contribution in [2.45, 2.75) is 11.2 Å². The minimum atomic E-state index is 0.288. The molecule has 0 aliphatic carbocycles. The standard InChI is InChI=1S/C15H13Br3O/c1-19-15-7-4-11(9-14(15)18)13(17)8-10-2-5-12(16)6-3-10/h2-7,9,13H,8H2,1H3. The third-order valence-electron chi connectivity index (χ3n) is 2.87. The third-order valence-corrected chi connectivity index (χ3v) is 4.87. The van der Waals surface area contributed by atoms with Crippen molar-refractivity contribution in [1.29, 1.82) is 0 Å². The summed E-state index contributed by atoms with van der Waals surface area (Å²) in [5.74, 6) is 0.854. The van der Waals surface area contributed by atoms with Crippen molar-refractivity contribution >= 4 is 47.8 Å². The van der Waals surface area contributed by atoms with Gasteiger partial charge in [-0.2, -0.15) is 0 Å². The van der Waals surface area contributed by atoms with Crippen molar-refractivity contribution < 1.29 is 4.74 Å². The van der Waals surface area contributed by atoms with E-state index in [9.17, 15) is 0 Å². The molecule has 0 saturated heterocycles. The van der Waals surface area contributed by atoms with Crippen LogP contribution < -0.4 is 4.74 Å². The highest BCUT2D eigenvalue weighted by Crippen LogP contribution is 2.33. The normalized spacial score (nSPS) is 12.2. The van der Waals surface area contributed by atoms with Gasteiger partial charge in [0.1, 0.15) is 5.75 Å². The minimum Gasteiger partial charge on any atom is -0.496 e. The predicted molar refractivity (Wildman–Crippen MR) is 90.2 cm³/mol. The van der Waals surface area contributed by atoms with Crippen LogP contribution in [0.25, 0.3) is 0 Å². The van der Waals surface area contributed by atoms with Gasteiger partial charge in [-0.1, -0.05) is 50.1 Å². The summed E-state index contributed by atoms with van der Waals surface area (Å²) in [5, 5.41) is 0. The van der Waals surface area contributed by atoms with Crippen molar-refractivity contribution in [3.63, 3.8) is 0 Å². The molecule has 0 aromatic heterocycles. The molecular formula is C15H13Br3O. The average molecular weight is 449 g/mol. The number of hydrogen-bond acceptors (Lipinski definition) is 1. The Morgan fingerprint density at radius 1 is 1.05 bits per heavy atom. The highest BCUT2D eigenvalue weighted by Gasteiger charge is 2.11. The summed E-state index contributed by atoms with van der Waals surface area (Å²) in [7, 11) is 1.67. The first-order chi connectivity index (χ1) is 9.10. The lowest BCUT2D eigenvalue weighted by atomic mass is 10.0. The van der Waals surface area contributed by atoms with Gasteiger partial charge in [-0.3, -0.25) is 0 Å². The fourth-order valence-corrected chi connectivity index (χ4v) is 3.30. The molecule has 2 aromatic carbocycles. The van der Waals surface area contributed by atoms with E-state index in [1.54, 1.807) is 7.11 Å². The largest absolute Gasteiger partial charge is 0.496 e. The molecule has 4 heteroatoms. The Kier molecular flexibility index (Phi) is 5.48. The molecule has 0 amide bonds. The van der Waals surface area contributed by atoms with Crippen molar-refractivity contribution in [2.24, 2.45) is 0 Å². The maximum Gasteiger partial charge on any atom is 0.133 e. The first-order valence-corrected chi connectivity index (χ1v) is 8.32. The molecule has 0 saturated carbocycles. The fraction of sp³-hybridized carbons (Fsp3) is 0.200. The van der Waals surface area contributed by atoms with Crippen LogP contribution >= 0.6 is 47.8 Å². The summed E-state index contributed by atoms with van der Waals surface area (Å²) >= 11 is 10.7. The van der Waals surface area contributed by atoms with Crippen LogP contribution in [0.3, 0.4) is 0 Å². The molecule has 0 spiro atoms. The number of methoxy groups -OCH3 is 1. The lowest BCUT2D eigenvalue weighted by Gasteiger charge is -2.12. The van der Waals surface area contributed by atoms with Gasteiger partial charge in [0.25, 0.3) is 0 Å². The van der Waals surface area contributed by atoms with Crippen LogP contribution in [0, 0.1) is 0 Å². The SMILES string of the molecule is COc1ccc(C(Br)Cc2ccc(Br)cc2)cc1Br. The zero-order valence-electron chi connectivity index (χ0n) is 10.4. The van der Waals surface area contributed by atoms with E-state index in [2.05, 4.69) is 84.2 Å². The van der Waals surface area contributed by atoms with Crippen molar-refractivity contribution in [1.82, 2.24) is 0 Å². The highest BCUT2D eigenvalue weighted by atomic mass is 79.9. The Morgan fingerprint density at radius 2 is 1.74 bits per heavy atom. The van der Waals surface area contributed by atoms with Crippen LogP contribution in [0.5, 0.6) is 5.75 Å². The molecule has 0 fully saturated rings. The van der Waals surface area contributed by atoms with Crippen molar-refractivity contribution in [3.05, 3.63) is 62.5 Å². The summed E-state index contributed by atoms with van der Waals surface area (Å²) < 4.78 is 7.33. The van der Waals surface area contributed by atoms with Gasteiger partial charge in [0.05, 0.1) is 11.6 Å². The maximum atomic E-state index is 5.24. The molecular weight excluding hydrogens is 436 g/mol. The fourth-order valence-electron chi connectivity index (χ4n) is 1.82. The summed E-state index contributed by atoms with van der Waals surface area (Å²) in [6.07, 6.45) is 0.950. The zero-order chi connectivity index (χ0) is 13.8. The van der Waals surface area contributed by atoms with Crippen LogP contribution in [0.1, 0.15) is 16.0 Å².